The van der Waals surface area contributed by atoms with E-state index in [1.165, 1.54) is 6.26 Å². The summed E-state index contributed by atoms with van der Waals surface area (Å²) in [5.74, 6) is -0.110. The molecule has 1 aliphatic heterocycles. The number of hydrogen-bond acceptors (Lipinski definition) is 4. The third-order valence-electron chi connectivity index (χ3n) is 4.49. The van der Waals surface area contributed by atoms with Crippen LogP contribution < -0.4 is 5.32 Å². The summed E-state index contributed by atoms with van der Waals surface area (Å²) in [4.78, 5) is 15.9. The average Bonchev–Trinajstić information content (AvgIpc) is 2.84. The SMILES string of the molecule is CS(=O)(=O)N1CCC2(CC(NC(=O)c3cccnc3)C2)C1. The van der Waals surface area contributed by atoms with Crippen molar-refractivity contribution in [2.24, 2.45) is 5.41 Å². The zero-order valence-corrected chi connectivity index (χ0v) is 12.8. The van der Waals surface area contributed by atoms with Gasteiger partial charge < -0.3 is 5.32 Å². The van der Waals surface area contributed by atoms with Crippen LogP contribution in [0.25, 0.3) is 0 Å². The molecule has 1 spiro atoms. The molecule has 0 bridgehead atoms. The number of rotatable bonds is 3. The van der Waals surface area contributed by atoms with E-state index in [1.807, 2.05) is 0 Å². The van der Waals surface area contributed by atoms with Crippen molar-refractivity contribution in [1.29, 1.82) is 0 Å². The van der Waals surface area contributed by atoms with Crippen LogP contribution in [0, 0.1) is 5.41 Å². The first-order valence-corrected chi connectivity index (χ1v) is 8.89. The number of nitrogens with zero attached hydrogens (tertiary/aromatic N) is 2. The van der Waals surface area contributed by atoms with Crippen molar-refractivity contribution in [2.75, 3.05) is 19.3 Å². The lowest BCUT2D eigenvalue weighted by Gasteiger charge is -2.45. The molecule has 1 amide bonds. The minimum atomic E-state index is -3.10. The Kier molecular flexibility index (Phi) is 3.49. The van der Waals surface area contributed by atoms with Crippen LogP contribution >= 0.6 is 0 Å². The van der Waals surface area contributed by atoms with Gasteiger partial charge in [-0.1, -0.05) is 0 Å². The van der Waals surface area contributed by atoms with E-state index in [0.717, 1.165) is 19.3 Å². The number of pyridine rings is 1. The van der Waals surface area contributed by atoms with Gasteiger partial charge in [0.15, 0.2) is 0 Å². The zero-order valence-electron chi connectivity index (χ0n) is 11.9. The van der Waals surface area contributed by atoms with Gasteiger partial charge in [-0.25, -0.2) is 12.7 Å². The molecule has 0 atom stereocenters. The highest BCUT2D eigenvalue weighted by atomic mass is 32.2. The van der Waals surface area contributed by atoms with Crippen molar-refractivity contribution < 1.29 is 13.2 Å². The Morgan fingerprint density at radius 3 is 2.81 bits per heavy atom. The maximum atomic E-state index is 12.0. The summed E-state index contributed by atoms with van der Waals surface area (Å²) in [6.07, 6.45) is 7.03. The maximum Gasteiger partial charge on any atom is 0.253 e. The summed E-state index contributed by atoms with van der Waals surface area (Å²) in [7, 11) is -3.10. The number of nitrogens with one attached hydrogen (secondary N) is 1. The number of sulfonamides is 1. The molecule has 1 aromatic heterocycles. The van der Waals surface area contributed by atoms with Gasteiger partial charge in [0.1, 0.15) is 0 Å². The fourth-order valence-corrected chi connectivity index (χ4v) is 4.30. The molecule has 1 saturated heterocycles. The second-order valence-electron chi connectivity index (χ2n) is 6.17. The standard InChI is InChI=1S/C14H19N3O3S/c1-21(19,20)17-6-4-14(10-17)7-12(8-14)16-13(18)11-3-2-5-15-9-11/h2-3,5,9,12H,4,6-8,10H2,1H3,(H,16,18). The Hall–Kier alpha value is -1.47. The lowest BCUT2D eigenvalue weighted by molar-refractivity contribution is 0.0730. The van der Waals surface area contributed by atoms with Gasteiger partial charge in [-0.2, -0.15) is 0 Å². The predicted octanol–water partition coefficient (Wildman–Crippen LogP) is 0.625. The van der Waals surface area contributed by atoms with E-state index in [4.69, 9.17) is 0 Å². The second kappa shape index (κ2) is 5.06. The average molecular weight is 309 g/mol. The van der Waals surface area contributed by atoms with Crippen LogP contribution in [-0.2, 0) is 10.0 Å². The van der Waals surface area contributed by atoms with Crippen molar-refractivity contribution in [3.05, 3.63) is 30.1 Å². The Bertz CT molecular complexity index is 639. The fourth-order valence-electron chi connectivity index (χ4n) is 3.36. The summed E-state index contributed by atoms with van der Waals surface area (Å²) < 4.78 is 24.7. The molecule has 21 heavy (non-hydrogen) atoms. The minimum absolute atomic E-state index is 0.0654. The van der Waals surface area contributed by atoms with Gasteiger partial charge in [0.25, 0.3) is 5.91 Å². The van der Waals surface area contributed by atoms with Gasteiger partial charge in [-0.3, -0.25) is 9.78 Å². The lowest BCUT2D eigenvalue weighted by Crippen LogP contribution is -2.52. The zero-order chi connectivity index (χ0) is 15.1. The normalized spacial score (nSPS) is 29.3. The van der Waals surface area contributed by atoms with E-state index in [0.29, 0.717) is 18.7 Å². The first-order valence-electron chi connectivity index (χ1n) is 7.04. The Morgan fingerprint density at radius 1 is 1.48 bits per heavy atom. The van der Waals surface area contributed by atoms with E-state index < -0.39 is 10.0 Å². The molecule has 0 unspecified atom stereocenters. The van der Waals surface area contributed by atoms with E-state index in [1.54, 1.807) is 28.8 Å². The smallest absolute Gasteiger partial charge is 0.253 e. The monoisotopic (exact) mass is 309 g/mol. The van der Waals surface area contributed by atoms with Crippen LogP contribution in [0.15, 0.2) is 24.5 Å². The molecule has 3 rings (SSSR count). The molecule has 1 aliphatic carbocycles. The second-order valence-corrected chi connectivity index (χ2v) is 8.15. The highest BCUT2D eigenvalue weighted by Gasteiger charge is 2.50. The molecule has 2 aliphatic rings. The summed E-state index contributed by atoms with van der Waals surface area (Å²) in [6.45, 7) is 1.19. The van der Waals surface area contributed by atoms with Crippen molar-refractivity contribution >= 4 is 15.9 Å². The van der Waals surface area contributed by atoms with Crippen LogP contribution in [0.5, 0.6) is 0 Å². The highest BCUT2D eigenvalue weighted by molar-refractivity contribution is 7.88. The van der Waals surface area contributed by atoms with Crippen molar-refractivity contribution in [1.82, 2.24) is 14.6 Å². The minimum Gasteiger partial charge on any atom is -0.349 e. The van der Waals surface area contributed by atoms with Gasteiger partial charge >= 0.3 is 0 Å². The number of hydrogen-bond donors (Lipinski definition) is 1. The van der Waals surface area contributed by atoms with Gasteiger partial charge in [0.05, 0.1) is 11.8 Å². The Balaban J connectivity index is 1.54. The van der Waals surface area contributed by atoms with E-state index in [9.17, 15) is 13.2 Å². The van der Waals surface area contributed by atoms with Gasteiger partial charge in [-0.15, -0.1) is 0 Å². The highest BCUT2D eigenvalue weighted by Crippen LogP contribution is 2.48. The molecule has 1 saturated carbocycles. The molecular formula is C14H19N3O3S. The molecule has 1 aromatic rings. The molecule has 6 nitrogen and oxygen atoms in total. The van der Waals surface area contributed by atoms with E-state index in [-0.39, 0.29) is 17.4 Å². The van der Waals surface area contributed by atoms with Crippen LogP contribution in [0.3, 0.4) is 0 Å². The van der Waals surface area contributed by atoms with Crippen molar-refractivity contribution in [3.63, 3.8) is 0 Å². The summed E-state index contributed by atoms with van der Waals surface area (Å²) in [6, 6.07) is 3.60. The predicted molar refractivity (Wildman–Crippen MR) is 78.2 cm³/mol. The van der Waals surface area contributed by atoms with Crippen LogP contribution in [-0.4, -0.2) is 49.0 Å². The molecular weight excluding hydrogens is 290 g/mol. The van der Waals surface area contributed by atoms with Crippen LogP contribution in [0.2, 0.25) is 0 Å². The third kappa shape index (κ3) is 2.94. The maximum absolute atomic E-state index is 12.0. The summed E-state index contributed by atoms with van der Waals surface area (Å²) in [5, 5.41) is 2.99. The fraction of sp³-hybridized carbons (Fsp3) is 0.571. The van der Waals surface area contributed by atoms with Crippen LogP contribution in [0.1, 0.15) is 29.6 Å². The first-order chi connectivity index (χ1) is 9.88. The van der Waals surface area contributed by atoms with Gasteiger partial charge in [-0.05, 0) is 36.8 Å². The quantitative estimate of drug-likeness (QED) is 0.888. The molecule has 2 fully saturated rings. The van der Waals surface area contributed by atoms with Gasteiger partial charge in [0, 0.05) is 31.5 Å². The Morgan fingerprint density at radius 2 is 2.24 bits per heavy atom. The molecule has 0 aromatic carbocycles. The van der Waals surface area contributed by atoms with E-state index in [2.05, 4.69) is 10.3 Å². The summed E-state index contributed by atoms with van der Waals surface area (Å²) >= 11 is 0. The van der Waals surface area contributed by atoms with Crippen molar-refractivity contribution in [2.45, 2.75) is 25.3 Å². The van der Waals surface area contributed by atoms with Gasteiger partial charge in [0.2, 0.25) is 10.0 Å². The number of aromatic nitrogens is 1. The van der Waals surface area contributed by atoms with E-state index >= 15 is 0 Å². The number of carbonyl (C=O) groups excluding carboxylic acids is 1. The third-order valence-corrected chi connectivity index (χ3v) is 5.74. The molecule has 1 N–H and O–H groups in total. The Labute approximate surface area is 124 Å². The molecule has 7 heteroatoms. The number of carbonyl (C=O) groups is 1. The molecule has 114 valence electrons. The largest absolute Gasteiger partial charge is 0.349 e. The molecule has 2 heterocycles. The lowest BCUT2D eigenvalue weighted by atomic mass is 9.65. The van der Waals surface area contributed by atoms with Crippen LogP contribution in [0.4, 0.5) is 0 Å². The van der Waals surface area contributed by atoms with Crippen molar-refractivity contribution in [3.8, 4) is 0 Å². The molecule has 0 radical (unpaired) electrons. The topological polar surface area (TPSA) is 79.4 Å². The summed E-state index contributed by atoms with van der Waals surface area (Å²) in [5.41, 5.74) is 0.623. The number of amides is 1. The first kappa shape index (κ1) is 14.5.